The first-order chi connectivity index (χ1) is 11.5. The van der Waals surface area contributed by atoms with Crippen LogP contribution in [0.4, 0.5) is 0 Å². The second kappa shape index (κ2) is 7.21. The van der Waals surface area contributed by atoms with Gasteiger partial charge in [0.2, 0.25) is 10.0 Å². The molecule has 0 bridgehead atoms. The molecule has 0 saturated carbocycles. The van der Waals surface area contributed by atoms with E-state index in [4.69, 9.17) is 0 Å². The van der Waals surface area contributed by atoms with Crippen LogP contribution in [0.2, 0.25) is 0 Å². The lowest BCUT2D eigenvalue weighted by Gasteiger charge is -2.34. The van der Waals surface area contributed by atoms with Gasteiger partial charge in [-0.3, -0.25) is 4.79 Å². The van der Waals surface area contributed by atoms with Crippen LogP contribution in [0.1, 0.15) is 30.1 Å². The van der Waals surface area contributed by atoms with Gasteiger partial charge in [0.25, 0.3) is 5.91 Å². The SMILES string of the molecule is CCN1CCN(C(=O)c2cccc(S(=O)(=O)N3CCCC3)c2)CC1. The molecular formula is C17H25N3O3S. The Morgan fingerprint density at radius 2 is 1.71 bits per heavy atom. The molecule has 6 nitrogen and oxygen atoms in total. The molecule has 24 heavy (non-hydrogen) atoms. The van der Waals surface area contributed by atoms with Crippen LogP contribution in [-0.4, -0.2) is 74.2 Å². The van der Waals surface area contributed by atoms with Gasteiger partial charge in [-0.2, -0.15) is 4.31 Å². The average Bonchev–Trinajstić information content (AvgIpc) is 3.17. The van der Waals surface area contributed by atoms with E-state index in [-0.39, 0.29) is 10.8 Å². The largest absolute Gasteiger partial charge is 0.336 e. The normalized spacial score (nSPS) is 20.5. The van der Waals surface area contributed by atoms with E-state index >= 15 is 0 Å². The van der Waals surface area contributed by atoms with E-state index in [1.807, 2.05) is 4.90 Å². The Bertz CT molecular complexity index is 691. The zero-order valence-electron chi connectivity index (χ0n) is 14.1. The first-order valence-electron chi connectivity index (χ1n) is 8.64. The van der Waals surface area contributed by atoms with Crippen LogP contribution in [0.25, 0.3) is 0 Å². The number of carbonyl (C=O) groups is 1. The van der Waals surface area contributed by atoms with Crippen LogP contribution < -0.4 is 0 Å². The number of likely N-dealkylation sites (N-methyl/N-ethyl adjacent to an activating group) is 1. The average molecular weight is 351 g/mol. The third-order valence-corrected chi connectivity index (χ3v) is 6.79. The second-order valence-corrected chi connectivity index (χ2v) is 8.30. The zero-order valence-corrected chi connectivity index (χ0v) is 15.0. The summed E-state index contributed by atoms with van der Waals surface area (Å²) in [7, 11) is -3.48. The van der Waals surface area contributed by atoms with E-state index in [0.29, 0.717) is 31.7 Å². The lowest BCUT2D eigenvalue weighted by Crippen LogP contribution is -2.48. The number of sulfonamides is 1. The highest BCUT2D eigenvalue weighted by molar-refractivity contribution is 7.89. The van der Waals surface area contributed by atoms with Gasteiger partial charge in [-0.1, -0.05) is 13.0 Å². The van der Waals surface area contributed by atoms with Gasteiger partial charge in [0.1, 0.15) is 0 Å². The van der Waals surface area contributed by atoms with Crippen molar-refractivity contribution in [2.75, 3.05) is 45.8 Å². The fourth-order valence-electron chi connectivity index (χ4n) is 3.32. The number of amides is 1. The molecule has 0 aromatic heterocycles. The molecule has 1 aromatic rings. The zero-order chi connectivity index (χ0) is 17.2. The summed E-state index contributed by atoms with van der Waals surface area (Å²) in [5.41, 5.74) is 0.459. The number of rotatable bonds is 4. The van der Waals surface area contributed by atoms with Gasteiger partial charge in [-0.05, 0) is 37.6 Å². The van der Waals surface area contributed by atoms with Crippen LogP contribution in [0.3, 0.4) is 0 Å². The van der Waals surface area contributed by atoms with E-state index in [9.17, 15) is 13.2 Å². The standard InChI is InChI=1S/C17H25N3O3S/c1-2-18-10-12-19(13-11-18)17(21)15-6-5-7-16(14-15)24(22,23)20-8-3-4-9-20/h5-7,14H,2-4,8-13H2,1H3. The van der Waals surface area contributed by atoms with Crippen LogP contribution in [0.5, 0.6) is 0 Å². The molecule has 7 heteroatoms. The van der Waals surface area contributed by atoms with Gasteiger partial charge in [0, 0.05) is 44.8 Å². The number of piperazine rings is 1. The van der Waals surface area contributed by atoms with E-state index in [1.165, 1.54) is 10.4 Å². The fraction of sp³-hybridized carbons (Fsp3) is 0.588. The van der Waals surface area contributed by atoms with Crippen molar-refractivity contribution in [3.05, 3.63) is 29.8 Å². The minimum atomic E-state index is -3.48. The molecule has 0 unspecified atom stereocenters. The Hall–Kier alpha value is -1.44. The summed E-state index contributed by atoms with van der Waals surface area (Å²) in [5.74, 6) is -0.0794. The molecule has 132 valence electrons. The van der Waals surface area contributed by atoms with E-state index < -0.39 is 10.0 Å². The Kier molecular flexibility index (Phi) is 5.22. The fourth-order valence-corrected chi connectivity index (χ4v) is 4.88. The maximum atomic E-state index is 12.7. The third-order valence-electron chi connectivity index (χ3n) is 4.89. The summed E-state index contributed by atoms with van der Waals surface area (Å²) >= 11 is 0. The summed E-state index contributed by atoms with van der Waals surface area (Å²) in [4.78, 5) is 17.0. The summed E-state index contributed by atoms with van der Waals surface area (Å²) in [6, 6.07) is 6.48. The quantitative estimate of drug-likeness (QED) is 0.819. The van der Waals surface area contributed by atoms with Gasteiger partial charge in [-0.15, -0.1) is 0 Å². The van der Waals surface area contributed by atoms with Crippen LogP contribution >= 0.6 is 0 Å². The molecular weight excluding hydrogens is 326 g/mol. The number of benzene rings is 1. The van der Waals surface area contributed by atoms with Crippen molar-refractivity contribution in [2.45, 2.75) is 24.7 Å². The van der Waals surface area contributed by atoms with Crippen molar-refractivity contribution in [1.29, 1.82) is 0 Å². The number of hydrogen-bond acceptors (Lipinski definition) is 4. The molecule has 0 N–H and O–H groups in total. The van der Waals surface area contributed by atoms with Gasteiger partial charge >= 0.3 is 0 Å². The molecule has 2 saturated heterocycles. The topological polar surface area (TPSA) is 60.9 Å². The van der Waals surface area contributed by atoms with Crippen molar-refractivity contribution in [3.8, 4) is 0 Å². The Labute approximate surface area is 144 Å². The van der Waals surface area contributed by atoms with E-state index in [1.54, 1.807) is 18.2 Å². The lowest BCUT2D eigenvalue weighted by atomic mass is 10.2. The number of nitrogens with zero attached hydrogens (tertiary/aromatic N) is 3. The first-order valence-corrected chi connectivity index (χ1v) is 10.1. The minimum absolute atomic E-state index is 0.0794. The van der Waals surface area contributed by atoms with Crippen molar-refractivity contribution in [3.63, 3.8) is 0 Å². The third kappa shape index (κ3) is 3.48. The maximum Gasteiger partial charge on any atom is 0.253 e. The highest BCUT2D eigenvalue weighted by Crippen LogP contribution is 2.22. The predicted molar refractivity (Wildman–Crippen MR) is 92.5 cm³/mol. The van der Waals surface area contributed by atoms with Crippen molar-refractivity contribution in [1.82, 2.24) is 14.1 Å². The van der Waals surface area contributed by atoms with Crippen LogP contribution in [-0.2, 0) is 10.0 Å². The molecule has 0 aliphatic carbocycles. The van der Waals surface area contributed by atoms with Crippen molar-refractivity contribution < 1.29 is 13.2 Å². The number of carbonyl (C=O) groups excluding carboxylic acids is 1. The van der Waals surface area contributed by atoms with Gasteiger partial charge in [-0.25, -0.2) is 8.42 Å². The maximum absolute atomic E-state index is 12.7. The molecule has 2 fully saturated rings. The van der Waals surface area contributed by atoms with Gasteiger partial charge in [0.15, 0.2) is 0 Å². The summed E-state index contributed by atoms with van der Waals surface area (Å²) in [6.45, 7) is 7.36. The first kappa shape index (κ1) is 17.4. The van der Waals surface area contributed by atoms with Crippen molar-refractivity contribution >= 4 is 15.9 Å². The Morgan fingerprint density at radius 3 is 2.33 bits per heavy atom. The molecule has 0 radical (unpaired) electrons. The summed E-state index contributed by atoms with van der Waals surface area (Å²) < 4.78 is 26.8. The minimum Gasteiger partial charge on any atom is -0.336 e. The van der Waals surface area contributed by atoms with Crippen LogP contribution in [0, 0.1) is 0 Å². The van der Waals surface area contributed by atoms with Crippen molar-refractivity contribution in [2.24, 2.45) is 0 Å². The van der Waals surface area contributed by atoms with E-state index in [2.05, 4.69) is 11.8 Å². The predicted octanol–water partition coefficient (Wildman–Crippen LogP) is 1.25. The highest BCUT2D eigenvalue weighted by Gasteiger charge is 2.28. The smallest absolute Gasteiger partial charge is 0.253 e. The molecule has 1 aromatic carbocycles. The van der Waals surface area contributed by atoms with E-state index in [0.717, 1.165) is 32.5 Å². The van der Waals surface area contributed by atoms with Gasteiger partial charge < -0.3 is 9.80 Å². The highest BCUT2D eigenvalue weighted by atomic mass is 32.2. The summed E-state index contributed by atoms with van der Waals surface area (Å²) in [6.07, 6.45) is 1.80. The molecule has 2 heterocycles. The molecule has 0 atom stereocenters. The Morgan fingerprint density at radius 1 is 1.04 bits per heavy atom. The molecule has 1 amide bonds. The Balaban J connectivity index is 1.77. The molecule has 2 aliphatic rings. The van der Waals surface area contributed by atoms with Gasteiger partial charge in [0.05, 0.1) is 4.90 Å². The molecule has 0 spiro atoms. The number of hydrogen-bond donors (Lipinski definition) is 0. The van der Waals surface area contributed by atoms with Crippen LogP contribution in [0.15, 0.2) is 29.2 Å². The monoisotopic (exact) mass is 351 g/mol. The molecule has 3 rings (SSSR count). The lowest BCUT2D eigenvalue weighted by molar-refractivity contribution is 0.0643. The summed E-state index contributed by atoms with van der Waals surface area (Å²) in [5, 5.41) is 0. The molecule has 2 aliphatic heterocycles. The second-order valence-electron chi connectivity index (χ2n) is 6.37.